The maximum atomic E-state index is 5.39. The van der Waals surface area contributed by atoms with Gasteiger partial charge in [-0.25, -0.2) is 4.98 Å². The molecule has 2 aromatic heterocycles. The second-order valence-corrected chi connectivity index (χ2v) is 5.89. The molecule has 0 saturated carbocycles. The molecule has 25 heavy (non-hydrogen) atoms. The monoisotopic (exact) mass is 333 g/mol. The van der Waals surface area contributed by atoms with Gasteiger partial charge in [-0.1, -0.05) is 19.1 Å². The average molecular weight is 333 g/mol. The largest absolute Gasteiger partial charge is 0.497 e. The van der Waals surface area contributed by atoms with Crippen molar-refractivity contribution in [2.24, 2.45) is 0 Å². The smallest absolute Gasteiger partial charge is 0.169 e. The van der Waals surface area contributed by atoms with E-state index in [-0.39, 0.29) is 0 Å². The molecule has 2 aromatic carbocycles. The fourth-order valence-electron chi connectivity index (χ4n) is 3.07. The lowest BCUT2D eigenvalue weighted by Crippen LogP contribution is -2.04. The van der Waals surface area contributed by atoms with E-state index in [9.17, 15) is 0 Å². The first-order valence-corrected chi connectivity index (χ1v) is 8.24. The number of aromatic nitrogens is 5. The minimum Gasteiger partial charge on any atom is -0.497 e. The predicted molar refractivity (Wildman–Crippen MR) is 97.1 cm³/mol. The number of hydrogen-bond donors (Lipinski definition) is 1. The first kappa shape index (κ1) is 15.4. The van der Waals surface area contributed by atoms with Gasteiger partial charge in [-0.05, 0) is 36.8 Å². The number of rotatable bonds is 4. The number of fused-ring (bicyclic) bond motifs is 1. The van der Waals surface area contributed by atoms with Crippen LogP contribution in [0, 0.1) is 6.92 Å². The Bertz CT molecular complexity index is 1050. The van der Waals surface area contributed by atoms with Gasteiger partial charge in [0, 0.05) is 12.0 Å². The molecular formula is C19H19N5O. The standard InChI is InChI=1S/C19H19N5O/c1-4-17-22-23-19(14-10-13(25-3)9-8-12(14)2)24(17)16-7-5-6-15-18(16)21-11-20-15/h5-11H,4H2,1-3H3,(H,20,21). The van der Waals surface area contributed by atoms with Crippen molar-refractivity contribution in [3.8, 4) is 22.8 Å². The number of imidazole rings is 1. The van der Waals surface area contributed by atoms with Crippen LogP contribution >= 0.6 is 0 Å². The topological polar surface area (TPSA) is 68.6 Å². The molecule has 2 heterocycles. The molecule has 1 N–H and O–H groups in total. The highest BCUT2D eigenvalue weighted by Crippen LogP contribution is 2.31. The van der Waals surface area contributed by atoms with E-state index >= 15 is 0 Å². The number of methoxy groups -OCH3 is 1. The van der Waals surface area contributed by atoms with Gasteiger partial charge in [-0.3, -0.25) is 4.57 Å². The Morgan fingerprint density at radius 2 is 2.04 bits per heavy atom. The lowest BCUT2D eigenvalue weighted by Gasteiger charge is -2.13. The quantitative estimate of drug-likeness (QED) is 0.618. The van der Waals surface area contributed by atoms with E-state index in [4.69, 9.17) is 4.74 Å². The molecule has 0 amide bonds. The minimum atomic E-state index is 0.775. The van der Waals surface area contributed by atoms with Crippen LogP contribution in [0.3, 0.4) is 0 Å². The highest BCUT2D eigenvalue weighted by Gasteiger charge is 2.19. The zero-order valence-corrected chi connectivity index (χ0v) is 14.4. The second kappa shape index (κ2) is 6.05. The summed E-state index contributed by atoms with van der Waals surface area (Å²) in [7, 11) is 1.67. The van der Waals surface area contributed by atoms with Gasteiger partial charge in [0.25, 0.3) is 0 Å². The van der Waals surface area contributed by atoms with Crippen molar-refractivity contribution in [1.29, 1.82) is 0 Å². The van der Waals surface area contributed by atoms with E-state index in [2.05, 4.69) is 38.6 Å². The summed E-state index contributed by atoms with van der Waals surface area (Å²) < 4.78 is 7.48. The molecule has 0 aliphatic heterocycles. The zero-order chi connectivity index (χ0) is 17.4. The minimum absolute atomic E-state index is 0.775. The Labute approximate surface area is 145 Å². The van der Waals surface area contributed by atoms with E-state index in [1.54, 1.807) is 13.4 Å². The van der Waals surface area contributed by atoms with Gasteiger partial charge in [0.1, 0.15) is 17.1 Å². The lowest BCUT2D eigenvalue weighted by molar-refractivity contribution is 0.415. The van der Waals surface area contributed by atoms with Crippen LogP contribution in [0.4, 0.5) is 0 Å². The molecule has 0 bridgehead atoms. The summed E-state index contributed by atoms with van der Waals surface area (Å²) in [6, 6.07) is 12.1. The maximum absolute atomic E-state index is 5.39. The first-order chi connectivity index (χ1) is 12.2. The number of nitrogens with one attached hydrogen (secondary N) is 1. The molecule has 6 heteroatoms. The van der Waals surface area contributed by atoms with Gasteiger partial charge in [0.2, 0.25) is 0 Å². The molecule has 0 aliphatic rings. The Morgan fingerprint density at radius 3 is 2.84 bits per heavy atom. The van der Waals surface area contributed by atoms with Gasteiger partial charge in [0.15, 0.2) is 5.82 Å². The molecule has 0 fully saturated rings. The molecule has 4 rings (SSSR count). The van der Waals surface area contributed by atoms with Crippen molar-refractivity contribution in [3.05, 3.63) is 54.1 Å². The molecule has 4 aromatic rings. The van der Waals surface area contributed by atoms with Crippen LogP contribution in [0.5, 0.6) is 5.75 Å². The van der Waals surface area contributed by atoms with Crippen molar-refractivity contribution in [2.75, 3.05) is 7.11 Å². The molecule has 0 spiro atoms. The Hall–Kier alpha value is -3.15. The Kier molecular flexibility index (Phi) is 3.72. The number of aryl methyl sites for hydroxylation is 2. The normalized spacial score (nSPS) is 11.2. The Morgan fingerprint density at radius 1 is 1.16 bits per heavy atom. The summed E-state index contributed by atoms with van der Waals surface area (Å²) in [5.41, 5.74) is 4.98. The fraction of sp³-hybridized carbons (Fsp3) is 0.211. The van der Waals surface area contributed by atoms with Crippen molar-refractivity contribution >= 4 is 11.0 Å². The first-order valence-electron chi connectivity index (χ1n) is 8.24. The fourth-order valence-corrected chi connectivity index (χ4v) is 3.07. The lowest BCUT2D eigenvalue weighted by atomic mass is 10.1. The van der Waals surface area contributed by atoms with Crippen LogP contribution in [-0.4, -0.2) is 31.8 Å². The van der Waals surface area contributed by atoms with Gasteiger partial charge >= 0.3 is 0 Å². The third-order valence-corrected chi connectivity index (χ3v) is 4.40. The summed E-state index contributed by atoms with van der Waals surface area (Å²) in [6.07, 6.45) is 2.48. The van der Waals surface area contributed by atoms with E-state index in [1.165, 1.54) is 0 Å². The zero-order valence-electron chi connectivity index (χ0n) is 14.4. The molecule has 0 saturated heterocycles. The Balaban J connectivity index is 2.01. The highest BCUT2D eigenvalue weighted by molar-refractivity contribution is 5.84. The number of nitrogens with zero attached hydrogens (tertiary/aromatic N) is 4. The van der Waals surface area contributed by atoms with Crippen LogP contribution in [-0.2, 0) is 6.42 Å². The van der Waals surface area contributed by atoms with Gasteiger partial charge in [-0.15, -0.1) is 10.2 Å². The summed E-state index contributed by atoms with van der Waals surface area (Å²) >= 11 is 0. The van der Waals surface area contributed by atoms with Crippen LogP contribution in [0.2, 0.25) is 0 Å². The molecular weight excluding hydrogens is 314 g/mol. The van der Waals surface area contributed by atoms with Gasteiger partial charge in [-0.2, -0.15) is 0 Å². The SMILES string of the molecule is CCc1nnc(-c2cc(OC)ccc2C)n1-c1cccc2[nH]cnc12. The second-order valence-electron chi connectivity index (χ2n) is 5.89. The van der Waals surface area contributed by atoms with E-state index in [1.807, 2.05) is 36.4 Å². The molecule has 0 unspecified atom stereocenters. The summed E-state index contributed by atoms with van der Waals surface area (Å²) in [6.45, 7) is 4.14. The number of ether oxygens (including phenoxy) is 1. The van der Waals surface area contributed by atoms with Crippen molar-refractivity contribution in [2.45, 2.75) is 20.3 Å². The average Bonchev–Trinajstić information content (AvgIpc) is 3.28. The van der Waals surface area contributed by atoms with Crippen molar-refractivity contribution in [1.82, 2.24) is 24.7 Å². The van der Waals surface area contributed by atoms with Crippen LogP contribution in [0.15, 0.2) is 42.7 Å². The predicted octanol–water partition coefficient (Wildman–Crippen LogP) is 3.69. The number of hydrogen-bond acceptors (Lipinski definition) is 4. The van der Waals surface area contributed by atoms with Crippen molar-refractivity contribution in [3.63, 3.8) is 0 Å². The van der Waals surface area contributed by atoms with Crippen LogP contribution < -0.4 is 4.74 Å². The van der Waals surface area contributed by atoms with Gasteiger partial charge < -0.3 is 9.72 Å². The molecule has 0 aliphatic carbocycles. The van der Waals surface area contributed by atoms with Crippen LogP contribution in [0.25, 0.3) is 28.1 Å². The summed E-state index contributed by atoms with van der Waals surface area (Å²) in [5, 5.41) is 8.89. The van der Waals surface area contributed by atoms with Crippen LogP contribution in [0.1, 0.15) is 18.3 Å². The van der Waals surface area contributed by atoms with Gasteiger partial charge in [0.05, 0.1) is 24.6 Å². The number of para-hydroxylation sites is 1. The number of benzene rings is 2. The number of aromatic amines is 1. The maximum Gasteiger partial charge on any atom is 0.169 e. The third-order valence-electron chi connectivity index (χ3n) is 4.40. The van der Waals surface area contributed by atoms with E-state index in [0.717, 1.165) is 51.7 Å². The summed E-state index contributed by atoms with van der Waals surface area (Å²) in [5.74, 6) is 2.49. The van der Waals surface area contributed by atoms with E-state index < -0.39 is 0 Å². The molecule has 126 valence electrons. The van der Waals surface area contributed by atoms with Crippen molar-refractivity contribution < 1.29 is 4.74 Å². The highest BCUT2D eigenvalue weighted by atomic mass is 16.5. The number of H-pyrrole nitrogens is 1. The molecule has 0 atom stereocenters. The molecule has 6 nitrogen and oxygen atoms in total. The van der Waals surface area contributed by atoms with E-state index in [0.29, 0.717) is 0 Å². The summed E-state index contributed by atoms with van der Waals surface area (Å²) in [4.78, 5) is 7.65. The molecule has 0 radical (unpaired) electrons. The third kappa shape index (κ3) is 2.46.